The maximum absolute atomic E-state index is 11.7. The van der Waals surface area contributed by atoms with Gasteiger partial charge in [-0.2, -0.15) is 0 Å². The fraction of sp³-hybridized carbons (Fsp3) is 0.600. The molecule has 102 valence electrons. The summed E-state index contributed by atoms with van der Waals surface area (Å²) in [6, 6.07) is 0. The lowest BCUT2D eigenvalue weighted by atomic mass is 10.3. The van der Waals surface area contributed by atoms with E-state index in [4.69, 9.17) is 11.5 Å². The van der Waals surface area contributed by atoms with E-state index in [2.05, 4.69) is 17.5 Å². The highest BCUT2D eigenvalue weighted by Gasteiger charge is 2.22. The molecule has 0 aromatic carbocycles. The Bertz CT molecular complexity index is 346. The van der Waals surface area contributed by atoms with Crippen molar-refractivity contribution >= 4 is 34.9 Å². The summed E-state index contributed by atoms with van der Waals surface area (Å²) in [5, 5.41) is 2.26. The highest BCUT2D eigenvalue weighted by Crippen LogP contribution is 1.96. The van der Waals surface area contributed by atoms with Gasteiger partial charge in [0.2, 0.25) is 5.91 Å². The van der Waals surface area contributed by atoms with Crippen LogP contribution in [0, 0.1) is 0 Å². The van der Waals surface area contributed by atoms with E-state index < -0.39 is 17.7 Å². The zero-order valence-electron chi connectivity index (χ0n) is 10.3. The normalized spacial score (nSPS) is 9.61. The monoisotopic (exact) mass is 274 g/mol. The lowest BCUT2D eigenvalue weighted by Crippen LogP contribution is -2.48. The fourth-order valence-corrected chi connectivity index (χ4v) is 1.25. The van der Waals surface area contributed by atoms with Crippen LogP contribution in [0.2, 0.25) is 0 Å². The van der Waals surface area contributed by atoms with E-state index in [1.165, 1.54) is 0 Å². The second-order valence-corrected chi connectivity index (χ2v) is 4.22. The van der Waals surface area contributed by atoms with Gasteiger partial charge >= 0.3 is 11.8 Å². The van der Waals surface area contributed by atoms with E-state index in [1.807, 2.05) is 6.92 Å². The molecule has 8 heteroatoms. The summed E-state index contributed by atoms with van der Waals surface area (Å²) >= 11 is 4.57. The van der Waals surface area contributed by atoms with E-state index in [1.54, 1.807) is 0 Å². The van der Waals surface area contributed by atoms with Crippen molar-refractivity contribution in [3.05, 3.63) is 0 Å². The van der Waals surface area contributed by atoms with Crippen molar-refractivity contribution in [3.63, 3.8) is 0 Å². The van der Waals surface area contributed by atoms with Gasteiger partial charge in [-0.05, 0) is 6.42 Å². The molecule has 0 heterocycles. The first kappa shape index (κ1) is 16.3. The minimum atomic E-state index is -0.847. The summed E-state index contributed by atoms with van der Waals surface area (Å²) in [5.41, 5.74) is 10.2. The van der Waals surface area contributed by atoms with Crippen LogP contribution in [0.25, 0.3) is 0 Å². The molecule has 0 aromatic rings. The zero-order chi connectivity index (χ0) is 14.1. The number of nitrogens with zero attached hydrogens (tertiary/aromatic N) is 1. The minimum Gasteiger partial charge on any atom is -0.392 e. The van der Waals surface area contributed by atoms with Crippen LogP contribution >= 0.6 is 12.2 Å². The topological polar surface area (TPSA) is 119 Å². The number of thiocarbonyl (C=S) groups is 1. The van der Waals surface area contributed by atoms with Crippen LogP contribution < -0.4 is 16.8 Å². The van der Waals surface area contributed by atoms with Gasteiger partial charge in [0.25, 0.3) is 0 Å². The molecular weight excluding hydrogens is 256 g/mol. The van der Waals surface area contributed by atoms with Gasteiger partial charge in [0.1, 0.15) is 0 Å². The number of nitrogens with two attached hydrogens (primary N) is 2. The van der Waals surface area contributed by atoms with Gasteiger partial charge in [-0.25, -0.2) is 0 Å². The number of unbranched alkanes of at least 4 members (excludes halogenated alkanes) is 1. The number of hydrogen-bond donors (Lipinski definition) is 3. The highest BCUT2D eigenvalue weighted by molar-refractivity contribution is 7.80. The summed E-state index contributed by atoms with van der Waals surface area (Å²) in [4.78, 5) is 35.2. The molecule has 0 bridgehead atoms. The predicted octanol–water partition coefficient (Wildman–Crippen LogP) is -1.50. The molecule has 0 atom stereocenters. The summed E-state index contributed by atoms with van der Waals surface area (Å²) in [6.45, 7) is 1.90. The largest absolute Gasteiger partial charge is 0.392 e. The number of carbonyl (C=O) groups excluding carboxylic acids is 3. The number of hydrogen-bond acceptors (Lipinski definition) is 4. The van der Waals surface area contributed by atoms with Crippen molar-refractivity contribution in [1.82, 2.24) is 10.2 Å². The van der Waals surface area contributed by atoms with E-state index in [0.717, 1.165) is 11.3 Å². The first-order valence-electron chi connectivity index (χ1n) is 5.52. The summed E-state index contributed by atoms with van der Waals surface area (Å²) in [5.74, 6) is -2.32. The minimum absolute atomic E-state index is 0.0574. The van der Waals surface area contributed by atoms with Crippen LogP contribution in [0.5, 0.6) is 0 Å². The molecule has 0 saturated heterocycles. The Labute approximate surface area is 111 Å². The molecule has 0 rings (SSSR count). The van der Waals surface area contributed by atoms with Crippen LogP contribution in [-0.4, -0.2) is 47.2 Å². The smallest absolute Gasteiger partial charge is 0.312 e. The molecule has 0 radical (unpaired) electrons. The Kier molecular flexibility index (Phi) is 7.61. The Hall–Kier alpha value is -1.70. The van der Waals surface area contributed by atoms with E-state index in [9.17, 15) is 14.4 Å². The van der Waals surface area contributed by atoms with Gasteiger partial charge in [-0.1, -0.05) is 25.6 Å². The fourth-order valence-electron chi connectivity index (χ4n) is 1.18. The van der Waals surface area contributed by atoms with Gasteiger partial charge in [-0.3, -0.25) is 14.4 Å². The Morgan fingerprint density at radius 2 is 1.89 bits per heavy atom. The molecule has 0 aromatic heterocycles. The lowest BCUT2D eigenvalue weighted by Gasteiger charge is -2.20. The van der Waals surface area contributed by atoms with Crippen molar-refractivity contribution in [3.8, 4) is 0 Å². The molecule has 0 aliphatic carbocycles. The number of rotatable bonds is 7. The summed E-state index contributed by atoms with van der Waals surface area (Å²) < 4.78 is 0. The maximum atomic E-state index is 11.7. The molecule has 0 fully saturated rings. The number of nitrogens with one attached hydrogen (secondary N) is 1. The first-order chi connectivity index (χ1) is 8.38. The summed E-state index contributed by atoms with van der Waals surface area (Å²) in [7, 11) is 0. The van der Waals surface area contributed by atoms with E-state index in [-0.39, 0.29) is 18.1 Å². The Morgan fingerprint density at radius 1 is 1.28 bits per heavy atom. The number of primary amides is 1. The van der Waals surface area contributed by atoms with Gasteiger partial charge in [0.05, 0.1) is 18.1 Å². The van der Waals surface area contributed by atoms with Crippen LogP contribution in [0.4, 0.5) is 0 Å². The molecule has 0 saturated carbocycles. The van der Waals surface area contributed by atoms with E-state index in [0.29, 0.717) is 13.0 Å². The molecule has 0 unspecified atom stereocenters. The van der Waals surface area contributed by atoms with Crippen LogP contribution in [0.15, 0.2) is 0 Å². The van der Waals surface area contributed by atoms with Gasteiger partial charge in [0.15, 0.2) is 0 Å². The molecule has 18 heavy (non-hydrogen) atoms. The van der Waals surface area contributed by atoms with Crippen molar-refractivity contribution in [2.45, 2.75) is 19.8 Å². The van der Waals surface area contributed by atoms with Crippen LogP contribution in [-0.2, 0) is 14.4 Å². The van der Waals surface area contributed by atoms with Gasteiger partial charge in [0, 0.05) is 6.54 Å². The molecule has 0 aliphatic heterocycles. The molecule has 7 nitrogen and oxygen atoms in total. The third kappa shape index (κ3) is 6.79. The average molecular weight is 274 g/mol. The van der Waals surface area contributed by atoms with Crippen LogP contribution in [0.1, 0.15) is 19.8 Å². The standard InChI is InChI=1S/C10H18N4O3S/c1-2-3-4-14(6-7(11)15)10(17)9(16)13-5-8(12)18/h2-6H2,1H3,(H2,11,15)(H2,12,18)(H,13,16). The first-order valence-corrected chi connectivity index (χ1v) is 5.93. The number of amides is 3. The third-order valence-electron chi connectivity index (χ3n) is 2.03. The maximum Gasteiger partial charge on any atom is 0.312 e. The molecule has 3 amide bonds. The summed E-state index contributed by atoms with van der Waals surface area (Å²) in [6.07, 6.45) is 1.51. The highest BCUT2D eigenvalue weighted by atomic mass is 32.1. The molecule has 5 N–H and O–H groups in total. The molecule has 0 spiro atoms. The van der Waals surface area contributed by atoms with Crippen LogP contribution in [0.3, 0.4) is 0 Å². The third-order valence-corrected chi connectivity index (χ3v) is 2.18. The zero-order valence-corrected chi connectivity index (χ0v) is 11.1. The Balaban J connectivity index is 4.47. The van der Waals surface area contributed by atoms with Crippen molar-refractivity contribution in [2.75, 3.05) is 19.6 Å². The van der Waals surface area contributed by atoms with Crippen molar-refractivity contribution in [2.24, 2.45) is 11.5 Å². The number of carbonyl (C=O) groups is 3. The lowest BCUT2D eigenvalue weighted by molar-refractivity contribution is -0.146. The molecular formula is C10H18N4O3S. The second kappa shape index (κ2) is 8.40. The SMILES string of the molecule is CCCCN(CC(N)=O)C(=O)C(=O)NCC(N)=S. The van der Waals surface area contributed by atoms with Crippen molar-refractivity contribution in [1.29, 1.82) is 0 Å². The van der Waals surface area contributed by atoms with Gasteiger partial charge in [-0.15, -0.1) is 0 Å². The quantitative estimate of drug-likeness (QED) is 0.386. The Morgan fingerprint density at radius 3 is 2.33 bits per heavy atom. The predicted molar refractivity (Wildman–Crippen MR) is 70.5 cm³/mol. The van der Waals surface area contributed by atoms with Gasteiger partial charge < -0.3 is 21.7 Å². The average Bonchev–Trinajstić information content (AvgIpc) is 2.29. The molecule has 0 aliphatic rings. The van der Waals surface area contributed by atoms with Crippen molar-refractivity contribution < 1.29 is 14.4 Å². The second-order valence-electron chi connectivity index (χ2n) is 3.70. The van der Waals surface area contributed by atoms with E-state index >= 15 is 0 Å².